The Morgan fingerprint density at radius 1 is 1.14 bits per heavy atom. The molecule has 1 fully saturated rings. The molecule has 29 heavy (non-hydrogen) atoms. The van der Waals surface area contributed by atoms with Gasteiger partial charge in [-0.05, 0) is 50.9 Å². The Hall–Kier alpha value is -1.42. The number of halogens is 1. The monoisotopic (exact) mass is 520 g/mol. The van der Waals surface area contributed by atoms with E-state index < -0.39 is 0 Å². The lowest BCUT2D eigenvalue weighted by atomic mass is 10.0. The second-order valence-electron chi connectivity index (χ2n) is 7.27. The molecule has 2 unspecified atom stereocenters. The number of methoxy groups -OCH3 is 3. The second kappa shape index (κ2) is 13.0. The summed E-state index contributed by atoms with van der Waals surface area (Å²) in [7, 11) is 6.64. The molecule has 1 aliphatic rings. The van der Waals surface area contributed by atoms with E-state index in [1.807, 2.05) is 12.1 Å². The van der Waals surface area contributed by atoms with Gasteiger partial charge >= 0.3 is 0 Å². The van der Waals surface area contributed by atoms with E-state index in [2.05, 4.69) is 34.4 Å². The van der Waals surface area contributed by atoms with Crippen molar-refractivity contribution < 1.29 is 14.2 Å². The molecule has 0 aromatic heterocycles. The SMILES string of the molecule is CN=C(NCc1cc(OC)c(OC)c(OC)c1)NCC(C)N1CCCCC1C.I. The molecule has 1 aliphatic heterocycles. The minimum atomic E-state index is 0. The van der Waals surface area contributed by atoms with E-state index in [9.17, 15) is 0 Å². The first-order valence-corrected chi connectivity index (χ1v) is 10.0. The quantitative estimate of drug-likeness (QED) is 0.312. The maximum atomic E-state index is 5.42. The van der Waals surface area contributed by atoms with Gasteiger partial charge in [0, 0.05) is 32.2 Å². The number of hydrogen-bond donors (Lipinski definition) is 2. The molecule has 1 aromatic carbocycles. The van der Waals surface area contributed by atoms with Crippen LogP contribution in [0.2, 0.25) is 0 Å². The van der Waals surface area contributed by atoms with E-state index in [4.69, 9.17) is 14.2 Å². The highest BCUT2D eigenvalue weighted by Crippen LogP contribution is 2.38. The van der Waals surface area contributed by atoms with Crippen molar-refractivity contribution in [2.45, 2.75) is 51.7 Å². The summed E-state index contributed by atoms with van der Waals surface area (Å²) < 4.78 is 16.2. The Kier molecular flexibility index (Phi) is 11.5. The first kappa shape index (κ1) is 25.6. The number of guanidine groups is 1. The highest BCUT2D eigenvalue weighted by molar-refractivity contribution is 14.0. The normalized spacial score (nSPS) is 18.4. The number of nitrogens with one attached hydrogen (secondary N) is 2. The van der Waals surface area contributed by atoms with E-state index in [-0.39, 0.29) is 24.0 Å². The number of ether oxygens (including phenoxy) is 3. The Bertz CT molecular complexity index is 632. The highest BCUT2D eigenvalue weighted by atomic mass is 127. The van der Waals surface area contributed by atoms with Gasteiger partial charge in [-0.3, -0.25) is 9.89 Å². The minimum absolute atomic E-state index is 0. The van der Waals surface area contributed by atoms with Crippen molar-refractivity contribution >= 4 is 29.9 Å². The summed E-state index contributed by atoms with van der Waals surface area (Å²) in [5.74, 6) is 2.68. The highest BCUT2D eigenvalue weighted by Gasteiger charge is 2.23. The fourth-order valence-corrected chi connectivity index (χ4v) is 3.78. The number of hydrogen-bond acceptors (Lipinski definition) is 5. The van der Waals surface area contributed by atoms with E-state index in [0.29, 0.717) is 35.9 Å². The number of nitrogens with zero attached hydrogens (tertiary/aromatic N) is 2. The molecule has 1 saturated heterocycles. The van der Waals surface area contributed by atoms with Crippen molar-refractivity contribution in [3.8, 4) is 17.2 Å². The number of aliphatic imine (C=N–C) groups is 1. The predicted molar refractivity (Wildman–Crippen MR) is 129 cm³/mol. The molecule has 0 amide bonds. The van der Waals surface area contributed by atoms with Crippen molar-refractivity contribution in [3.05, 3.63) is 17.7 Å². The van der Waals surface area contributed by atoms with Gasteiger partial charge in [-0.2, -0.15) is 0 Å². The lowest BCUT2D eigenvalue weighted by Crippen LogP contribution is -2.50. The zero-order chi connectivity index (χ0) is 20.5. The second-order valence-corrected chi connectivity index (χ2v) is 7.27. The first-order valence-electron chi connectivity index (χ1n) is 10.0. The van der Waals surface area contributed by atoms with E-state index >= 15 is 0 Å². The van der Waals surface area contributed by atoms with Crippen LogP contribution in [0.4, 0.5) is 0 Å². The third-order valence-electron chi connectivity index (χ3n) is 5.39. The molecular formula is C21H37IN4O3. The molecule has 1 aromatic rings. The lowest BCUT2D eigenvalue weighted by Gasteiger charge is -2.38. The molecule has 0 bridgehead atoms. The van der Waals surface area contributed by atoms with Gasteiger partial charge in [-0.15, -0.1) is 24.0 Å². The molecule has 2 atom stereocenters. The van der Waals surface area contributed by atoms with Gasteiger partial charge in [-0.1, -0.05) is 6.42 Å². The van der Waals surface area contributed by atoms with Gasteiger partial charge in [0.1, 0.15) is 0 Å². The van der Waals surface area contributed by atoms with Crippen LogP contribution in [0.25, 0.3) is 0 Å². The van der Waals surface area contributed by atoms with Crippen molar-refractivity contribution in [2.75, 3.05) is 41.5 Å². The Balaban J connectivity index is 0.00000420. The smallest absolute Gasteiger partial charge is 0.203 e. The molecule has 166 valence electrons. The van der Waals surface area contributed by atoms with Gasteiger partial charge in [0.25, 0.3) is 0 Å². The lowest BCUT2D eigenvalue weighted by molar-refractivity contribution is 0.115. The van der Waals surface area contributed by atoms with Crippen LogP contribution in [0.1, 0.15) is 38.7 Å². The van der Waals surface area contributed by atoms with E-state index in [1.165, 1.54) is 25.8 Å². The van der Waals surface area contributed by atoms with Gasteiger partial charge < -0.3 is 24.8 Å². The number of likely N-dealkylation sites (tertiary alicyclic amines) is 1. The van der Waals surface area contributed by atoms with Crippen LogP contribution in [0, 0.1) is 0 Å². The number of rotatable bonds is 8. The van der Waals surface area contributed by atoms with Gasteiger partial charge in [0.05, 0.1) is 21.3 Å². The summed E-state index contributed by atoms with van der Waals surface area (Å²) >= 11 is 0. The molecular weight excluding hydrogens is 483 g/mol. The van der Waals surface area contributed by atoms with Crippen LogP contribution >= 0.6 is 24.0 Å². The molecule has 0 spiro atoms. The predicted octanol–water partition coefficient (Wildman–Crippen LogP) is 3.26. The molecule has 0 saturated carbocycles. The van der Waals surface area contributed by atoms with Crippen molar-refractivity contribution in [3.63, 3.8) is 0 Å². The fraction of sp³-hybridized carbons (Fsp3) is 0.667. The van der Waals surface area contributed by atoms with Crippen molar-refractivity contribution in [1.82, 2.24) is 15.5 Å². The van der Waals surface area contributed by atoms with Crippen LogP contribution in [-0.4, -0.2) is 64.4 Å². The average molecular weight is 520 g/mol. The van der Waals surface area contributed by atoms with Gasteiger partial charge in [0.2, 0.25) is 5.75 Å². The van der Waals surface area contributed by atoms with Crippen molar-refractivity contribution in [2.24, 2.45) is 4.99 Å². The summed E-state index contributed by atoms with van der Waals surface area (Å²) in [5.41, 5.74) is 1.02. The Morgan fingerprint density at radius 2 is 1.79 bits per heavy atom. The maximum Gasteiger partial charge on any atom is 0.203 e. The fourth-order valence-electron chi connectivity index (χ4n) is 3.78. The molecule has 2 rings (SSSR count). The standard InChI is InChI=1S/C21H36N4O3.HI/c1-15-9-7-8-10-25(15)16(2)13-23-21(22-3)24-14-17-11-18(26-4)20(28-6)19(12-17)27-5;/h11-12,15-16H,7-10,13-14H2,1-6H3,(H2,22,23,24);1H. The Labute approximate surface area is 192 Å². The van der Waals surface area contributed by atoms with Crippen LogP contribution in [0.5, 0.6) is 17.2 Å². The molecule has 0 radical (unpaired) electrons. The number of piperidine rings is 1. The molecule has 2 N–H and O–H groups in total. The molecule has 8 heteroatoms. The van der Waals surface area contributed by atoms with Gasteiger partial charge in [0.15, 0.2) is 17.5 Å². The van der Waals surface area contributed by atoms with Crippen LogP contribution < -0.4 is 24.8 Å². The molecule has 7 nitrogen and oxygen atoms in total. The number of benzene rings is 1. The average Bonchev–Trinajstić information content (AvgIpc) is 2.73. The molecule has 0 aliphatic carbocycles. The zero-order valence-electron chi connectivity index (χ0n) is 18.6. The van der Waals surface area contributed by atoms with E-state index in [1.54, 1.807) is 28.4 Å². The zero-order valence-corrected chi connectivity index (χ0v) is 20.9. The molecule has 1 heterocycles. The minimum Gasteiger partial charge on any atom is -0.493 e. The topological polar surface area (TPSA) is 67.4 Å². The Morgan fingerprint density at radius 3 is 2.31 bits per heavy atom. The van der Waals surface area contributed by atoms with Crippen LogP contribution in [-0.2, 0) is 6.54 Å². The van der Waals surface area contributed by atoms with Gasteiger partial charge in [-0.25, -0.2) is 0 Å². The summed E-state index contributed by atoms with van der Waals surface area (Å²) in [6.07, 6.45) is 3.93. The maximum absolute atomic E-state index is 5.42. The first-order chi connectivity index (χ1) is 13.5. The summed E-state index contributed by atoms with van der Waals surface area (Å²) in [6, 6.07) is 5.01. The summed E-state index contributed by atoms with van der Waals surface area (Å²) in [5, 5.41) is 6.81. The largest absolute Gasteiger partial charge is 0.493 e. The van der Waals surface area contributed by atoms with Crippen molar-refractivity contribution in [1.29, 1.82) is 0 Å². The van der Waals surface area contributed by atoms with E-state index in [0.717, 1.165) is 18.1 Å². The van der Waals surface area contributed by atoms with Crippen LogP contribution in [0.15, 0.2) is 17.1 Å². The third kappa shape index (κ3) is 7.09. The third-order valence-corrected chi connectivity index (χ3v) is 5.39. The summed E-state index contributed by atoms with van der Waals surface area (Å²) in [6.45, 7) is 7.25. The summed E-state index contributed by atoms with van der Waals surface area (Å²) in [4.78, 5) is 6.93. The van der Waals surface area contributed by atoms with Crippen LogP contribution in [0.3, 0.4) is 0 Å².